The van der Waals surface area contributed by atoms with Gasteiger partial charge < -0.3 is 10.4 Å². The minimum absolute atomic E-state index is 0.0643. The zero-order chi connectivity index (χ0) is 15.5. The molecule has 20 heavy (non-hydrogen) atoms. The van der Waals surface area contributed by atoms with Gasteiger partial charge in [0.25, 0.3) is 0 Å². The maximum absolute atomic E-state index is 11.3. The first kappa shape index (κ1) is 16.0. The number of aromatic nitrogens is 2. The summed E-state index contributed by atoms with van der Waals surface area (Å²) in [7, 11) is 1.73. The molecule has 0 radical (unpaired) electrons. The number of carboxylic acid groups (broad SMARTS) is 1. The van der Waals surface area contributed by atoms with Gasteiger partial charge in [0.05, 0.1) is 11.6 Å². The molecule has 1 rings (SSSR count). The molecule has 0 amide bonds. The van der Waals surface area contributed by atoms with E-state index in [1.165, 1.54) is 0 Å². The summed E-state index contributed by atoms with van der Waals surface area (Å²) >= 11 is 0. The molecule has 1 unspecified atom stereocenters. The van der Waals surface area contributed by atoms with Crippen molar-refractivity contribution in [2.45, 2.75) is 34.1 Å². The molecule has 110 valence electrons. The Morgan fingerprint density at radius 2 is 2.15 bits per heavy atom. The van der Waals surface area contributed by atoms with Gasteiger partial charge in [-0.05, 0) is 18.8 Å². The quantitative estimate of drug-likeness (QED) is 0.861. The van der Waals surface area contributed by atoms with Crippen LogP contribution in [0.25, 0.3) is 0 Å². The third-order valence-electron chi connectivity index (χ3n) is 3.06. The molecule has 0 bridgehead atoms. The molecule has 0 saturated heterocycles. The Labute approximate surface area is 119 Å². The maximum atomic E-state index is 11.3. The number of rotatable bonds is 5. The normalized spacial score (nSPS) is 12.8. The van der Waals surface area contributed by atoms with Gasteiger partial charge in [-0.15, -0.1) is 0 Å². The van der Waals surface area contributed by atoms with Crippen LogP contribution in [0.3, 0.4) is 0 Å². The molecular weight excluding hydrogens is 256 g/mol. The van der Waals surface area contributed by atoms with Crippen LogP contribution in [0.2, 0.25) is 0 Å². The Hall–Kier alpha value is -2.03. The van der Waals surface area contributed by atoms with Crippen LogP contribution in [-0.2, 0) is 11.8 Å². The van der Waals surface area contributed by atoms with Crippen molar-refractivity contribution in [1.29, 1.82) is 5.26 Å². The molecule has 0 aromatic carbocycles. The Balaban J connectivity index is 2.84. The van der Waals surface area contributed by atoms with E-state index in [2.05, 4.69) is 16.5 Å². The molecule has 0 aliphatic heterocycles. The number of nitriles is 1. The van der Waals surface area contributed by atoms with E-state index >= 15 is 0 Å². The van der Waals surface area contributed by atoms with Crippen molar-refractivity contribution in [3.63, 3.8) is 0 Å². The lowest BCUT2D eigenvalue weighted by Gasteiger charge is -2.23. The van der Waals surface area contributed by atoms with E-state index in [1.807, 2.05) is 20.8 Å². The maximum Gasteiger partial charge on any atom is 0.308 e. The number of nitrogens with zero attached hydrogens (tertiary/aromatic N) is 3. The fourth-order valence-corrected chi connectivity index (χ4v) is 2.20. The Kier molecular flexibility index (Phi) is 4.77. The first-order chi connectivity index (χ1) is 9.15. The zero-order valence-corrected chi connectivity index (χ0v) is 12.7. The standard InChI is InChI=1S/C14H22N4O2/c1-9-11(7-15)12(18(5)17-9)16-8-10(13(19)20)6-14(2,3)4/h10,16H,6,8H2,1-5H3,(H,19,20). The summed E-state index contributed by atoms with van der Waals surface area (Å²) in [6, 6.07) is 2.09. The van der Waals surface area contributed by atoms with Crippen LogP contribution < -0.4 is 5.32 Å². The largest absolute Gasteiger partial charge is 0.481 e. The fraction of sp³-hybridized carbons (Fsp3) is 0.643. The van der Waals surface area contributed by atoms with Gasteiger partial charge in [0, 0.05) is 13.6 Å². The molecule has 1 heterocycles. The Bertz CT molecular complexity index is 535. The summed E-state index contributed by atoms with van der Waals surface area (Å²) in [5, 5.41) is 25.6. The van der Waals surface area contributed by atoms with Crippen LogP contribution in [0.5, 0.6) is 0 Å². The number of anilines is 1. The summed E-state index contributed by atoms with van der Waals surface area (Å²) in [5.41, 5.74) is 1.04. The lowest BCUT2D eigenvalue weighted by Crippen LogP contribution is -2.28. The number of carboxylic acids is 1. The Morgan fingerprint density at radius 1 is 1.55 bits per heavy atom. The van der Waals surface area contributed by atoms with Crippen molar-refractivity contribution in [3.05, 3.63) is 11.3 Å². The van der Waals surface area contributed by atoms with Crippen LogP contribution >= 0.6 is 0 Å². The van der Waals surface area contributed by atoms with Crippen molar-refractivity contribution in [1.82, 2.24) is 9.78 Å². The molecule has 1 aromatic rings. The van der Waals surface area contributed by atoms with Crippen molar-refractivity contribution in [3.8, 4) is 6.07 Å². The van der Waals surface area contributed by atoms with Crippen molar-refractivity contribution in [2.24, 2.45) is 18.4 Å². The highest BCUT2D eigenvalue weighted by Crippen LogP contribution is 2.25. The molecule has 6 nitrogen and oxygen atoms in total. The van der Waals surface area contributed by atoms with E-state index in [4.69, 9.17) is 5.26 Å². The van der Waals surface area contributed by atoms with Crippen molar-refractivity contribution < 1.29 is 9.90 Å². The third-order valence-corrected chi connectivity index (χ3v) is 3.06. The highest BCUT2D eigenvalue weighted by atomic mass is 16.4. The van der Waals surface area contributed by atoms with Crippen LogP contribution in [0, 0.1) is 29.6 Å². The highest BCUT2D eigenvalue weighted by molar-refractivity contribution is 5.71. The molecule has 0 spiro atoms. The predicted octanol–water partition coefficient (Wildman–Crippen LogP) is 2.15. The smallest absolute Gasteiger partial charge is 0.308 e. The predicted molar refractivity (Wildman–Crippen MR) is 76.3 cm³/mol. The monoisotopic (exact) mass is 278 g/mol. The number of nitrogens with one attached hydrogen (secondary N) is 1. The molecule has 1 aromatic heterocycles. The number of hydrogen-bond donors (Lipinski definition) is 2. The minimum Gasteiger partial charge on any atom is -0.481 e. The number of aryl methyl sites for hydroxylation is 2. The van der Waals surface area contributed by atoms with Gasteiger partial charge in [0.1, 0.15) is 17.5 Å². The van der Waals surface area contributed by atoms with Gasteiger partial charge in [-0.3, -0.25) is 9.48 Å². The SMILES string of the molecule is Cc1nn(C)c(NCC(CC(C)(C)C)C(=O)O)c1C#N. The topological polar surface area (TPSA) is 90.9 Å². The first-order valence-corrected chi connectivity index (χ1v) is 6.56. The second-order valence-corrected chi connectivity index (χ2v) is 6.23. The summed E-state index contributed by atoms with van der Waals surface area (Å²) in [6.45, 7) is 8.07. The number of aliphatic carboxylic acids is 1. The van der Waals surface area contributed by atoms with Gasteiger partial charge in [-0.1, -0.05) is 20.8 Å². The van der Waals surface area contributed by atoms with E-state index in [9.17, 15) is 9.90 Å². The van der Waals surface area contributed by atoms with Gasteiger partial charge >= 0.3 is 5.97 Å². The van der Waals surface area contributed by atoms with Gasteiger partial charge in [0.15, 0.2) is 0 Å². The summed E-state index contributed by atoms with van der Waals surface area (Å²) in [6.07, 6.45) is 0.564. The van der Waals surface area contributed by atoms with Crippen molar-refractivity contribution >= 4 is 11.8 Å². The summed E-state index contributed by atoms with van der Waals surface area (Å²) < 4.78 is 1.57. The molecule has 0 aliphatic rings. The Morgan fingerprint density at radius 3 is 2.60 bits per heavy atom. The summed E-state index contributed by atoms with van der Waals surface area (Å²) in [4.78, 5) is 11.3. The molecule has 0 fully saturated rings. The van der Waals surface area contributed by atoms with E-state index in [0.717, 1.165) is 0 Å². The molecule has 6 heteroatoms. The molecule has 1 atom stereocenters. The highest BCUT2D eigenvalue weighted by Gasteiger charge is 2.25. The fourth-order valence-electron chi connectivity index (χ4n) is 2.20. The second-order valence-electron chi connectivity index (χ2n) is 6.23. The van der Waals surface area contributed by atoms with Crippen LogP contribution in [0.1, 0.15) is 38.4 Å². The van der Waals surface area contributed by atoms with Crippen LogP contribution in [0.15, 0.2) is 0 Å². The average molecular weight is 278 g/mol. The average Bonchev–Trinajstić information content (AvgIpc) is 2.56. The van der Waals surface area contributed by atoms with Crippen molar-refractivity contribution in [2.75, 3.05) is 11.9 Å². The number of hydrogen-bond acceptors (Lipinski definition) is 4. The lowest BCUT2D eigenvalue weighted by atomic mass is 9.84. The molecule has 0 aliphatic carbocycles. The summed E-state index contributed by atoms with van der Waals surface area (Å²) in [5.74, 6) is -0.758. The van der Waals surface area contributed by atoms with Gasteiger partial charge in [0.2, 0.25) is 0 Å². The van der Waals surface area contributed by atoms with Gasteiger partial charge in [-0.25, -0.2) is 0 Å². The van der Waals surface area contributed by atoms with Crippen LogP contribution in [0.4, 0.5) is 5.82 Å². The lowest BCUT2D eigenvalue weighted by molar-refractivity contribution is -0.142. The first-order valence-electron chi connectivity index (χ1n) is 6.56. The van der Waals surface area contributed by atoms with E-state index in [-0.39, 0.29) is 12.0 Å². The van der Waals surface area contributed by atoms with Crippen LogP contribution in [-0.4, -0.2) is 27.4 Å². The zero-order valence-electron chi connectivity index (χ0n) is 12.7. The van der Waals surface area contributed by atoms with E-state index < -0.39 is 11.9 Å². The minimum atomic E-state index is -0.829. The van der Waals surface area contributed by atoms with E-state index in [0.29, 0.717) is 23.5 Å². The molecule has 2 N–H and O–H groups in total. The molecule has 0 saturated carbocycles. The van der Waals surface area contributed by atoms with Gasteiger partial charge in [-0.2, -0.15) is 10.4 Å². The van der Waals surface area contributed by atoms with E-state index in [1.54, 1.807) is 18.7 Å². The second kappa shape index (κ2) is 5.95. The molecular formula is C14H22N4O2. The number of carbonyl (C=O) groups is 1. The third kappa shape index (κ3) is 3.98.